The fourth-order valence-corrected chi connectivity index (χ4v) is 1.97. The van der Waals surface area contributed by atoms with Gasteiger partial charge in [0.2, 0.25) is 0 Å². The van der Waals surface area contributed by atoms with E-state index in [0.29, 0.717) is 0 Å². The van der Waals surface area contributed by atoms with Crippen molar-refractivity contribution < 1.29 is 0 Å². The molecule has 0 saturated heterocycles. The topological polar surface area (TPSA) is 25.8 Å². The zero-order chi connectivity index (χ0) is 11.1. The van der Waals surface area contributed by atoms with Crippen LogP contribution in [0.3, 0.4) is 0 Å². The number of rotatable bonds is 0. The molecule has 0 fully saturated rings. The van der Waals surface area contributed by atoms with Gasteiger partial charge in [0.15, 0.2) is 10.3 Å². The second-order valence-corrected chi connectivity index (χ2v) is 4.21. The van der Waals surface area contributed by atoms with Crippen LogP contribution in [0.4, 0.5) is 0 Å². The predicted molar refractivity (Wildman–Crippen MR) is 67.1 cm³/mol. The second-order valence-electron chi connectivity index (χ2n) is 3.49. The van der Waals surface area contributed by atoms with Crippen LogP contribution in [-0.2, 0) is 0 Å². The maximum Gasteiger partial charge on any atom is 0.167 e. The first-order valence-corrected chi connectivity index (χ1v) is 5.51. The van der Waals surface area contributed by atoms with Crippen molar-refractivity contribution in [3.05, 3.63) is 46.7 Å². The Bertz CT molecular complexity index is 635. The van der Waals surface area contributed by atoms with Crippen LogP contribution in [0.2, 0.25) is 10.3 Å². The van der Waals surface area contributed by atoms with E-state index in [0.717, 1.165) is 21.8 Å². The molecule has 3 rings (SSSR count). The van der Waals surface area contributed by atoms with Gasteiger partial charge in [-0.3, -0.25) is 0 Å². The van der Waals surface area contributed by atoms with Crippen LogP contribution < -0.4 is 0 Å². The molecule has 0 saturated carbocycles. The summed E-state index contributed by atoms with van der Waals surface area (Å²) in [5.74, 6) is 0. The van der Waals surface area contributed by atoms with Gasteiger partial charge in [-0.15, -0.1) is 0 Å². The molecule has 1 aromatic heterocycles. The van der Waals surface area contributed by atoms with E-state index in [1.807, 2.05) is 36.4 Å². The summed E-state index contributed by atoms with van der Waals surface area (Å²) >= 11 is 11.7. The molecule has 0 unspecified atom stereocenters. The number of nitrogens with zero attached hydrogens (tertiary/aromatic N) is 2. The summed E-state index contributed by atoms with van der Waals surface area (Å²) in [7, 11) is 0. The van der Waals surface area contributed by atoms with Crippen LogP contribution in [0.15, 0.2) is 36.4 Å². The van der Waals surface area contributed by atoms with Crippen LogP contribution in [0.5, 0.6) is 0 Å². The van der Waals surface area contributed by atoms with Crippen LogP contribution in [0.25, 0.3) is 21.8 Å². The molecule has 1 heterocycles. The van der Waals surface area contributed by atoms with E-state index in [9.17, 15) is 0 Å². The van der Waals surface area contributed by atoms with E-state index in [1.165, 1.54) is 0 Å². The van der Waals surface area contributed by atoms with Crippen molar-refractivity contribution in [1.82, 2.24) is 9.97 Å². The van der Waals surface area contributed by atoms with Crippen molar-refractivity contribution in [3.8, 4) is 0 Å². The van der Waals surface area contributed by atoms with Crippen molar-refractivity contribution in [2.24, 2.45) is 0 Å². The first kappa shape index (κ1) is 9.82. The molecule has 0 spiro atoms. The van der Waals surface area contributed by atoms with Gasteiger partial charge >= 0.3 is 0 Å². The van der Waals surface area contributed by atoms with Gasteiger partial charge in [-0.1, -0.05) is 47.5 Å². The van der Waals surface area contributed by atoms with Crippen molar-refractivity contribution in [3.63, 3.8) is 0 Å². The third-order valence-corrected chi connectivity index (χ3v) is 3.07. The average molecular weight is 249 g/mol. The highest BCUT2D eigenvalue weighted by Gasteiger charge is 2.05. The minimum atomic E-state index is 0.240. The van der Waals surface area contributed by atoms with Crippen molar-refractivity contribution in [1.29, 1.82) is 0 Å². The maximum atomic E-state index is 5.83. The molecule has 2 aromatic carbocycles. The van der Waals surface area contributed by atoms with E-state index in [-0.39, 0.29) is 10.3 Å². The fourth-order valence-electron chi connectivity index (χ4n) is 1.70. The van der Waals surface area contributed by atoms with E-state index >= 15 is 0 Å². The smallest absolute Gasteiger partial charge is 0.167 e. The summed E-state index contributed by atoms with van der Waals surface area (Å²) in [6.45, 7) is 0. The summed E-state index contributed by atoms with van der Waals surface area (Å²) in [6, 6.07) is 11.9. The molecule has 0 aliphatic heterocycles. The van der Waals surface area contributed by atoms with Crippen molar-refractivity contribution in [2.45, 2.75) is 0 Å². The molecule has 0 aliphatic rings. The molecule has 3 aromatic rings. The Balaban J connectivity index is 2.46. The summed E-state index contributed by atoms with van der Waals surface area (Å²) in [5, 5.41) is 2.71. The number of aromatic nitrogens is 2. The highest BCUT2D eigenvalue weighted by Crippen LogP contribution is 2.24. The third kappa shape index (κ3) is 1.51. The SMILES string of the molecule is Clc1nc2cc3ccccc3cc2nc1Cl. The van der Waals surface area contributed by atoms with Crippen molar-refractivity contribution in [2.75, 3.05) is 0 Å². The van der Waals surface area contributed by atoms with Crippen molar-refractivity contribution >= 4 is 45.0 Å². The molecule has 0 bridgehead atoms. The Morgan fingerprint density at radius 1 is 0.750 bits per heavy atom. The zero-order valence-corrected chi connectivity index (χ0v) is 9.63. The Morgan fingerprint density at radius 3 is 1.62 bits per heavy atom. The van der Waals surface area contributed by atoms with Gasteiger partial charge < -0.3 is 0 Å². The molecule has 0 aliphatic carbocycles. The summed E-state index contributed by atoms with van der Waals surface area (Å²) in [6.07, 6.45) is 0. The molecular formula is C12H6Cl2N2. The quantitative estimate of drug-likeness (QED) is 0.561. The highest BCUT2D eigenvalue weighted by atomic mass is 35.5. The Labute approximate surface area is 102 Å². The molecule has 0 amide bonds. The lowest BCUT2D eigenvalue weighted by atomic mass is 10.1. The standard InChI is InChI=1S/C12H6Cl2N2/c13-11-12(14)16-10-6-8-4-2-1-3-7(8)5-9(10)15-11/h1-6H. The Morgan fingerprint density at radius 2 is 1.19 bits per heavy atom. The molecule has 0 radical (unpaired) electrons. The summed E-state index contributed by atoms with van der Waals surface area (Å²) in [4.78, 5) is 8.39. The van der Waals surface area contributed by atoms with Gasteiger partial charge in [-0.25, -0.2) is 9.97 Å². The number of hydrogen-bond donors (Lipinski definition) is 0. The van der Waals surface area contributed by atoms with E-state index in [4.69, 9.17) is 23.2 Å². The molecule has 4 heteroatoms. The summed E-state index contributed by atoms with van der Waals surface area (Å²) < 4.78 is 0. The van der Waals surface area contributed by atoms with Gasteiger partial charge in [0.05, 0.1) is 11.0 Å². The monoisotopic (exact) mass is 248 g/mol. The lowest BCUT2D eigenvalue weighted by Crippen LogP contribution is -1.87. The van der Waals surface area contributed by atoms with E-state index < -0.39 is 0 Å². The van der Waals surface area contributed by atoms with Gasteiger partial charge in [0.1, 0.15) is 0 Å². The lowest BCUT2D eigenvalue weighted by Gasteiger charge is -2.02. The third-order valence-electron chi connectivity index (χ3n) is 2.45. The molecule has 0 atom stereocenters. The van der Waals surface area contributed by atoms with Crippen LogP contribution in [0.1, 0.15) is 0 Å². The van der Waals surface area contributed by atoms with Crippen LogP contribution in [0, 0.1) is 0 Å². The number of hydrogen-bond acceptors (Lipinski definition) is 2. The number of benzene rings is 2. The number of halogens is 2. The highest BCUT2D eigenvalue weighted by molar-refractivity contribution is 6.40. The Kier molecular flexibility index (Phi) is 2.20. The first-order valence-electron chi connectivity index (χ1n) is 4.75. The molecular weight excluding hydrogens is 243 g/mol. The zero-order valence-electron chi connectivity index (χ0n) is 8.11. The van der Waals surface area contributed by atoms with Gasteiger partial charge in [0, 0.05) is 0 Å². The summed E-state index contributed by atoms with van der Waals surface area (Å²) in [5.41, 5.74) is 1.52. The molecule has 78 valence electrons. The fraction of sp³-hybridized carbons (Fsp3) is 0. The average Bonchev–Trinajstić information content (AvgIpc) is 2.28. The molecule has 2 nitrogen and oxygen atoms in total. The molecule has 0 N–H and O–H groups in total. The largest absolute Gasteiger partial charge is 0.231 e. The maximum absolute atomic E-state index is 5.83. The predicted octanol–water partition coefficient (Wildman–Crippen LogP) is 4.09. The number of fused-ring (bicyclic) bond motifs is 2. The van der Waals surface area contributed by atoms with Crippen LogP contribution >= 0.6 is 23.2 Å². The normalized spacial score (nSPS) is 11.1. The van der Waals surface area contributed by atoms with Gasteiger partial charge in [0.25, 0.3) is 0 Å². The minimum absolute atomic E-state index is 0.240. The lowest BCUT2D eigenvalue weighted by molar-refractivity contribution is 1.30. The first-order chi connectivity index (χ1) is 7.74. The second kappa shape index (κ2) is 3.58. The van der Waals surface area contributed by atoms with Gasteiger partial charge in [-0.05, 0) is 22.9 Å². The molecule has 16 heavy (non-hydrogen) atoms. The van der Waals surface area contributed by atoms with E-state index in [2.05, 4.69) is 9.97 Å². The van der Waals surface area contributed by atoms with Gasteiger partial charge in [-0.2, -0.15) is 0 Å². The van der Waals surface area contributed by atoms with Crippen LogP contribution in [-0.4, -0.2) is 9.97 Å². The minimum Gasteiger partial charge on any atom is -0.231 e. The Hall–Kier alpha value is -1.38. The van der Waals surface area contributed by atoms with E-state index in [1.54, 1.807) is 0 Å².